The molecule has 0 aliphatic rings. The summed E-state index contributed by atoms with van der Waals surface area (Å²) < 4.78 is 45.0. The fourth-order valence-corrected chi connectivity index (χ4v) is 2.00. The molecule has 0 radical (unpaired) electrons. The number of halogens is 3. The Morgan fingerprint density at radius 3 is 2.42 bits per heavy atom. The van der Waals surface area contributed by atoms with E-state index in [9.17, 15) is 23.1 Å². The fourth-order valence-electron chi connectivity index (χ4n) is 2.00. The van der Waals surface area contributed by atoms with Gasteiger partial charge in [-0.05, 0) is 23.6 Å². The maximum absolute atomic E-state index is 12.1. The monoisotopic (exact) mass is 340 g/mol. The lowest BCUT2D eigenvalue weighted by Gasteiger charge is -2.11. The molecule has 4 nitrogen and oxygen atoms in total. The Morgan fingerprint density at radius 2 is 1.79 bits per heavy atom. The molecule has 2 aromatic carbocycles. The molecular weight excluding hydrogens is 325 g/mol. The molecule has 0 spiro atoms. The predicted molar refractivity (Wildman–Crippen MR) is 79.3 cm³/mol. The van der Waals surface area contributed by atoms with Crippen LogP contribution in [-0.4, -0.2) is 17.4 Å². The van der Waals surface area contributed by atoms with Crippen molar-refractivity contribution in [2.75, 3.05) is 0 Å². The van der Waals surface area contributed by atoms with Crippen LogP contribution in [0.5, 0.6) is 11.5 Å². The first-order valence-electron chi connectivity index (χ1n) is 7.11. The number of hydrogen-bond donors (Lipinski definition) is 1. The zero-order chi connectivity index (χ0) is 17.6. The van der Waals surface area contributed by atoms with Crippen LogP contribution >= 0.6 is 0 Å². The average Bonchev–Trinajstić information content (AvgIpc) is 2.51. The van der Waals surface area contributed by atoms with Gasteiger partial charge in [-0.15, -0.1) is 13.2 Å². The summed E-state index contributed by atoms with van der Waals surface area (Å²) in [4.78, 5) is 11.7. The van der Waals surface area contributed by atoms with E-state index < -0.39 is 18.1 Å². The first-order valence-corrected chi connectivity index (χ1v) is 7.11. The zero-order valence-corrected chi connectivity index (χ0v) is 12.5. The van der Waals surface area contributed by atoms with Crippen molar-refractivity contribution in [3.63, 3.8) is 0 Å². The van der Waals surface area contributed by atoms with E-state index in [-0.39, 0.29) is 25.2 Å². The Labute approximate surface area is 136 Å². The number of alkyl halides is 3. The quantitative estimate of drug-likeness (QED) is 0.809. The van der Waals surface area contributed by atoms with Crippen LogP contribution in [0.4, 0.5) is 13.2 Å². The summed E-state index contributed by atoms with van der Waals surface area (Å²) in [6.07, 6.45) is -4.68. The first-order chi connectivity index (χ1) is 11.3. The SMILES string of the molecule is O=C(CCc1ccc(OC(F)(F)F)cc1O)OCc1ccccc1. The van der Waals surface area contributed by atoms with Crippen molar-refractivity contribution in [3.8, 4) is 11.5 Å². The zero-order valence-electron chi connectivity index (χ0n) is 12.5. The third kappa shape index (κ3) is 5.83. The van der Waals surface area contributed by atoms with E-state index in [0.717, 1.165) is 17.7 Å². The topological polar surface area (TPSA) is 55.8 Å². The van der Waals surface area contributed by atoms with Crippen molar-refractivity contribution < 1.29 is 32.5 Å². The third-order valence-corrected chi connectivity index (χ3v) is 3.13. The molecule has 0 fully saturated rings. The molecule has 2 rings (SSSR count). The number of hydrogen-bond acceptors (Lipinski definition) is 4. The van der Waals surface area contributed by atoms with Crippen LogP contribution < -0.4 is 4.74 Å². The molecule has 1 N–H and O–H groups in total. The maximum Gasteiger partial charge on any atom is 0.573 e. The van der Waals surface area contributed by atoms with Gasteiger partial charge < -0.3 is 14.6 Å². The lowest BCUT2D eigenvalue weighted by atomic mass is 10.1. The van der Waals surface area contributed by atoms with Gasteiger partial charge in [-0.3, -0.25) is 4.79 Å². The molecule has 0 saturated heterocycles. The molecule has 0 atom stereocenters. The highest BCUT2D eigenvalue weighted by atomic mass is 19.4. The fraction of sp³-hybridized carbons (Fsp3) is 0.235. The minimum Gasteiger partial charge on any atom is -0.508 e. The number of carbonyl (C=O) groups is 1. The van der Waals surface area contributed by atoms with Crippen molar-refractivity contribution >= 4 is 5.97 Å². The van der Waals surface area contributed by atoms with Gasteiger partial charge in [-0.2, -0.15) is 0 Å². The second-order valence-electron chi connectivity index (χ2n) is 4.98. The minimum atomic E-state index is -4.82. The molecule has 0 bridgehead atoms. The molecule has 0 saturated carbocycles. The van der Waals surface area contributed by atoms with Gasteiger partial charge in [0.2, 0.25) is 0 Å². The van der Waals surface area contributed by atoms with E-state index >= 15 is 0 Å². The van der Waals surface area contributed by atoms with E-state index in [0.29, 0.717) is 5.56 Å². The van der Waals surface area contributed by atoms with E-state index in [1.807, 2.05) is 30.3 Å². The van der Waals surface area contributed by atoms with Gasteiger partial charge in [0.15, 0.2) is 0 Å². The van der Waals surface area contributed by atoms with Gasteiger partial charge in [-0.1, -0.05) is 36.4 Å². The number of ether oxygens (including phenoxy) is 2. The van der Waals surface area contributed by atoms with Crippen LogP contribution in [0, 0.1) is 0 Å². The first kappa shape index (κ1) is 17.7. The molecule has 0 aliphatic carbocycles. The van der Waals surface area contributed by atoms with E-state index in [1.54, 1.807) is 0 Å². The number of carbonyl (C=O) groups excluding carboxylic acids is 1. The molecule has 24 heavy (non-hydrogen) atoms. The molecule has 0 heterocycles. The highest BCUT2D eigenvalue weighted by molar-refractivity contribution is 5.70. The highest BCUT2D eigenvalue weighted by Gasteiger charge is 2.31. The number of phenolic OH excluding ortho intramolecular Hbond substituents is 1. The summed E-state index contributed by atoms with van der Waals surface area (Å²) in [6.45, 7) is 0.143. The van der Waals surface area contributed by atoms with Crippen LogP contribution in [0.25, 0.3) is 0 Å². The van der Waals surface area contributed by atoms with Crippen LogP contribution in [0.15, 0.2) is 48.5 Å². The Morgan fingerprint density at radius 1 is 1.08 bits per heavy atom. The van der Waals surface area contributed by atoms with Gasteiger partial charge >= 0.3 is 12.3 Å². The number of aryl methyl sites for hydroxylation is 1. The van der Waals surface area contributed by atoms with E-state index in [4.69, 9.17) is 4.74 Å². The van der Waals surface area contributed by atoms with E-state index in [1.165, 1.54) is 6.07 Å². The molecule has 0 unspecified atom stereocenters. The molecule has 0 amide bonds. The van der Waals surface area contributed by atoms with Crippen molar-refractivity contribution in [1.82, 2.24) is 0 Å². The summed E-state index contributed by atoms with van der Waals surface area (Å²) in [5.41, 5.74) is 1.18. The van der Waals surface area contributed by atoms with Crippen molar-refractivity contribution in [2.45, 2.75) is 25.8 Å². The van der Waals surface area contributed by atoms with Gasteiger partial charge in [0.05, 0.1) is 0 Å². The Kier molecular flexibility index (Phi) is 5.68. The largest absolute Gasteiger partial charge is 0.573 e. The van der Waals surface area contributed by atoms with Gasteiger partial charge in [0, 0.05) is 12.5 Å². The molecule has 128 valence electrons. The summed E-state index contributed by atoms with van der Waals surface area (Å²) in [5.74, 6) is -1.35. The number of benzene rings is 2. The van der Waals surface area contributed by atoms with Crippen LogP contribution in [-0.2, 0) is 22.6 Å². The van der Waals surface area contributed by atoms with Crippen molar-refractivity contribution in [1.29, 1.82) is 0 Å². The van der Waals surface area contributed by atoms with E-state index in [2.05, 4.69) is 4.74 Å². The normalized spacial score (nSPS) is 11.1. The molecule has 0 aliphatic heterocycles. The number of esters is 1. The molecule has 0 aromatic heterocycles. The smallest absolute Gasteiger partial charge is 0.508 e. The molecule has 7 heteroatoms. The van der Waals surface area contributed by atoms with Crippen molar-refractivity contribution in [2.24, 2.45) is 0 Å². The second kappa shape index (κ2) is 7.72. The molecule has 2 aromatic rings. The average molecular weight is 340 g/mol. The standard InChI is InChI=1S/C17H15F3O4/c18-17(19,20)24-14-8-6-13(15(21)10-14)7-9-16(22)23-11-12-4-2-1-3-5-12/h1-6,8,10,21H,7,9,11H2. The summed E-state index contributed by atoms with van der Waals surface area (Å²) in [5, 5.41) is 9.71. The Hall–Kier alpha value is -2.70. The Balaban J connectivity index is 1.84. The van der Waals surface area contributed by atoms with Crippen LogP contribution in [0.2, 0.25) is 0 Å². The van der Waals surface area contributed by atoms with Gasteiger partial charge in [0.1, 0.15) is 18.1 Å². The van der Waals surface area contributed by atoms with Gasteiger partial charge in [-0.25, -0.2) is 0 Å². The Bertz CT molecular complexity index is 684. The summed E-state index contributed by atoms with van der Waals surface area (Å²) >= 11 is 0. The lowest BCUT2D eigenvalue weighted by molar-refractivity contribution is -0.274. The van der Waals surface area contributed by atoms with Gasteiger partial charge in [0.25, 0.3) is 0 Å². The lowest BCUT2D eigenvalue weighted by Crippen LogP contribution is -2.17. The number of phenols is 1. The number of rotatable bonds is 6. The molecular formula is C17H15F3O4. The summed E-state index contributed by atoms with van der Waals surface area (Å²) in [6, 6.07) is 12.4. The highest BCUT2D eigenvalue weighted by Crippen LogP contribution is 2.29. The maximum atomic E-state index is 12.1. The second-order valence-corrected chi connectivity index (χ2v) is 4.98. The minimum absolute atomic E-state index is 0.000131. The third-order valence-electron chi connectivity index (χ3n) is 3.13. The van der Waals surface area contributed by atoms with Crippen molar-refractivity contribution in [3.05, 3.63) is 59.7 Å². The predicted octanol–water partition coefficient (Wildman–Crippen LogP) is 3.97. The summed E-state index contributed by atoms with van der Waals surface area (Å²) in [7, 11) is 0. The van der Waals surface area contributed by atoms with Crippen LogP contribution in [0.3, 0.4) is 0 Å². The number of aromatic hydroxyl groups is 1. The van der Waals surface area contributed by atoms with Crippen LogP contribution in [0.1, 0.15) is 17.5 Å².